The van der Waals surface area contributed by atoms with Gasteiger partial charge in [-0.1, -0.05) is 35.9 Å². The molecular formula is C27H30N2O4. The van der Waals surface area contributed by atoms with Gasteiger partial charge in [-0.3, -0.25) is 9.59 Å². The Balaban J connectivity index is 1.56. The number of amides is 2. The fourth-order valence-electron chi connectivity index (χ4n) is 4.20. The summed E-state index contributed by atoms with van der Waals surface area (Å²) in [4.78, 5) is 26.5. The van der Waals surface area contributed by atoms with E-state index in [9.17, 15) is 9.59 Å². The van der Waals surface area contributed by atoms with Gasteiger partial charge in [0, 0.05) is 19.5 Å². The number of benzene rings is 2. The molecule has 0 spiro atoms. The molecule has 2 amide bonds. The largest absolute Gasteiger partial charge is 0.486 e. The number of nitrogens with zero attached hydrogens (tertiary/aromatic N) is 1. The lowest BCUT2D eigenvalue weighted by Crippen LogP contribution is -2.39. The summed E-state index contributed by atoms with van der Waals surface area (Å²) in [5, 5.41) is 2.81. The van der Waals surface area contributed by atoms with Gasteiger partial charge in [0.15, 0.2) is 5.76 Å². The number of hydrogen-bond acceptors (Lipinski definition) is 4. The minimum Gasteiger partial charge on any atom is -0.486 e. The molecule has 1 N–H and O–H groups in total. The van der Waals surface area contributed by atoms with Crippen LogP contribution in [0, 0.1) is 6.92 Å². The van der Waals surface area contributed by atoms with Gasteiger partial charge in [0.05, 0.1) is 6.04 Å². The zero-order valence-corrected chi connectivity index (χ0v) is 19.6. The van der Waals surface area contributed by atoms with E-state index in [1.165, 1.54) is 11.1 Å². The third-order valence-corrected chi connectivity index (χ3v) is 5.83. The molecule has 6 heteroatoms. The van der Waals surface area contributed by atoms with Crippen LogP contribution in [0.2, 0.25) is 0 Å². The monoisotopic (exact) mass is 446 g/mol. The number of nitrogens with one attached hydrogen (secondary N) is 1. The maximum atomic E-state index is 12.4. The highest BCUT2D eigenvalue weighted by Crippen LogP contribution is 2.37. The van der Waals surface area contributed by atoms with Gasteiger partial charge in [-0.2, -0.15) is 0 Å². The Kier molecular flexibility index (Phi) is 6.54. The molecule has 1 unspecified atom stereocenters. The summed E-state index contributed by atoms with van der Waals surface area (Å²) < 4.78 is 11.6. The van der Waals surface area contributed by atoms with Crippen molar-refractivity contribution in [3.8, 4) is 5.75 Å². The second-order valence-electron chi connectivity index (χ2n) is 8.82. The third-order valence-electron chi connectivity index (χ3n) is 5.83. The Labute approximate surface area is 194 Å². The lowest BCUT2D eigenvalue weighted by Gasteiger charge is -2.37. The molecule has 1 aliphatic rings. The number of ether oxygens (including phenoxy) is 1. The van der Waals surface area contributed by atoms with Crippen molar-refractivity contribution < 1.29 is 18.7 Å². The van der Waals surface area contributed by atoms with Crippen LogP contribution in [0.5, 0.6) is 5.75 Å². The van der Waals surface area contributed by atoms with Crippen molar-refractivity contribution >= 4 is 11.8 Å². The van der Waals surface area contributed by atoms with Crippen LogP contribution < -0.4 is 10.1 Å². The molecule has 172 valence electrons. The first-order valence-electron chi connectivity index (χ1n) is 11.3. The Morgan fingerprint density at radius 1 is 1.12 bits per heavy atom. The van der Waals surface area contributed by atoms with Crippen LogP contribution in [0.3, 0.4) is 0 Å². The Hall–Kier alpha value is -3.54. The zero-order valence-electron chi connectivity index (χ0n) is 19.6. The van der Waals surface area contributed by atoms with E-state index in [0.29, 0.717) is 18.1 Å². The topological polar surface area (TPSA) is 71.8 Å². The van der Waals surface area contributed by atoms with Gasteiger partial charge in [-0.15, -0.1) is 0 Å². The van der Waals surface area contributed by atoms with Crippen molar-refractivity contribution in [1.29, 1.82) is 0 Å². The summed E-state index contributed by atoms with van der Waals surface area (Å²) in [7, 11) is 0. The Bertz CT molecular complexity index is 1150. The smallest absolute Gasteiger partial charge is 0.287 e. The van der Waals surface area contributed by atoms with Gasteiger partial charge in [-0.05, 0) is 68.1 Å². The highest BCUT2D eigenvalue weighted by atomic mass is 16.5. The Morgan fingerprint density at radius 2 is 1.88 bits per heavy atom. The molecule has 4 rings (SSSR count). The number of aryl methyl sites for hydroxylation is 1. The average Bonchev–Trinajstić information content (AvgIpc) is 3.26. The maximum absolute atomic E-state index is 12.4. The maximum Gasteiger partial charge on any atom is 0.287 e. The SMILES string of the molecule is CC(=O)N1CCc2ccc(OCc3ccc(C(=O)NC(C)C)o3)cc2C1c1ccc(C)cc1. The molecule has 1 aromatic heterocycles. The standard InChI is InChI=1S/C27H30N2O4/c1-17(2)28-27(31)25-12-11-23(33-25)16-32-22-10-9-20-13-14-29(19(4)30)26(24(20)15-22)21-7-5-18(3)6-8-21/h5-12,15,17,26H,13-14,16H2,1-4H3,(H,28,31). The molecule has 0 saturated heterocycles. The van der Waals surface area contributed by atoms with Gasteiger partial charge in [0.25, 0.3) is 5.91 Å². The highest BCUT2D eigenvalue weighted by Gasteiger charge is 2.30. The van der Waals surface area contributed by atoms with Crippen molar-refractivity contribution in [3.05, 3.63) is 88.4 Å². The lowest BCUT2D eigenvalue weighted by atomic mass is 9.87. The van der Waals surface area contributed by atoms with Crippen LogP contribution >= 0.6 is 0 Å². The van der Waals surface area contributed by atoms with Crippen molar-refractivity contribution in [2.24, 2.45) is 0 Å². The van der Waals surface area contributed by atoms with E-state index in [-0.39, 0.29) is 36.3 Å². The number of carbonyl (C=O) groups excluding carboxylic acids is 2. The summed E-state index contributed by atoms with van der Waals surface area (Å²) in [6.07, 6.45) is 0.810. The van der Waals surface area contributed by atoms with Crippen LogP contribution in [0.15, 0.2) is 59.0 Å². The van der Waals surface area contributed by atoms with Gasteiger partial charge < -0.3 is 19.4 Å². The van der Waals surface area contributed by atoms with E-state index in [0.717, 1.165) is 17.5 Å². The first kappa shape index (κ1) is 22.6. The van der Waals surface area contributed by atoms with E-state index < -0.39 is 0 Å². The van der Waals surface area contributed by atoms with Gasteiger partial charge in [0.1, 0.15) is 18.1 Å². The minimum atomic E-state index is -0.240. The fraction of sp³-hybridized carbons (Fsp3) is 0.333. The number of carbonyl (C=O) groups is 2. The van der Waals surface area contributed by atoms with Crippen molar-refractivity contribution in [3.63, 3.8) is 0 Å². The van der Waals surface area contributed by atoms with E-state index in [1.807, 2.05) is 30.9 Å². The summed E-state index contributed by atoms with van der Waals surface area (Å²) >= 11 is 0. The molecule has 1 atom stereocenters. The molecule has 6 nitrogen and oxygen atoms in total. The quantitative estimate of drug-likeness (QED) is 0.590. The molecule has 0 radical (unpaired) electrons. The molecule has 33 heavy (non-hydrogen) atoms. The number of rotatable bonds is 6. The molecule has 0 fully saturated rings. The van der Waals surface area contributed by atoms with Crippen LogP contribution in [0.25, 0.3) is 0 Å². The first-order valence-corrected chi connectivity index (χ1v) is 11.3. The number of hydrogen-bond donors (Lipinski definition) is 1. The third kappa shape index (κ3) is 5.11. The van der Waals surface area contributed by atoms with E-state index in [1.54, 1.807) is 19.1 Å². The minimum absolute atomic E-state index is 0.0360. The number of fused-ring (bicyclic) bond motifs is 1. The van der Waals surface area contributed by atoms with Crippen LogP contribution in [0.4, 0.5) is 0 Å². The number of furan rings is 1. The molecule has 1 aliphatic heterocycles. The van der Waals surface area contributed by atoms with Gasteiger partial charge >= 0.3 is 0 Å². The summed E-state index contributed by atoms with van der Waals surface area (Å²) in [6, 6.07) is 17.7. The average molecular weight is 447 g/mol. The molecule has 3 aromatic rings. The van der Waals surface area contributed by atoms with Crippen LogP contribution in [-0.2, 0) is 17.8 Å². The normalized spacial score (nSPS) is 15.3. The predicted octanol–water partition coefficient (Wildman–Crippen LogP) is 4.80. The molecule has 2 aromatic carbocycles. The van der Waals surface area contributed by atoms with E-state index in [4.69, 9.17) is 9.15 Å². The predicted molar refractivity (Wildman–Crippen MR) is 126 cm³/mol. The Morgan fingerprint density at radius 3 is 2.58 bits per heavy atom. The zero-order chi connectivity index (χ0) is 23.5. The second kappa shape index (κ2) is 9.53. The molecular weight excluding hydrogens is 416 g/mol. The van der Waals surface area contributed by atoms with Crippen LogP contribution in [0.1, 0.15) is 65.4 Å². The summed E-state index contributed by atoms with van der Waals surface area (Å²) in [5.74, 6) is 1.35. The summed E-state index contributed by atoms with van der Waals surface area (Å²) in [5.41, 5.74) is 4.56. The van der Waals surface area contributed by atoms with Crippen molar-refractivity contribution in [2.45, 2.75) is 52.8 Å². The lowest BCUT2D eigenvalue weighted by molar-refractivity contribution is -0.130. The van der Waals surface area contributed by atoms with Gasteiger partial charge in [-0.25, -0.2) is 0 Å². The summed E-state index contributed by atoms with van der Waals surface area (Å²) in [6.45, 7) is 8.38. The van der Waals surface area contributed by atoms with Crippen molar-refractivity contribution in [1.82, 2.24) is 10.2 Å². The van der Waals surface area contributed by atoms with Crippen LogP contribution in [-0.4, -0.2) is 29.3 Å². The molecule has 0 aliphatic carbocycles. The highest BCUT2D eigenvalue weighted by molar-refractivity contribution is 5.91. The van der Waals surface area contributed by atoms with E-state index >= 15 is 0 Å². The molecule has 2 heterocycles. The fourth-order valence-corrected chi connectivity index (χ4v) is 4.20. The molecule has 0 saturated carbocycles. The molecule has 0 bridgehead atoms. The second-order valence-corrected chi connectivity index (χ2v) is 8.82. The first-order chi connectivity index (χ1) is 15.8. The van der Waals surface area contributed by atoms with Gasteiger partial charge in [0.2, 0.25) is 5.91 Å². The van der Waals surface area contributed by atoms with E-state index in [2.05, 4.69) is 42.6 Å². The van der Waals surface area contributed by atoms with Crippen molar-refractivity contribution in [2.75, 3.05) is 6.54 Å².